The highest BCUT2D eigenvalue weighted by atomic mass is 32.2. The van der Waals surface area contributed by atoms with Gasteiger partial charge in [-0.15, -0.1) is 0 Å². The fraction of sp³-hybridized carbons (Fsp3) is 0.364. The molecule has 0 spiro atoms. The van der Waals surface area contributed by atoms with Gasteiger partial charge in [-0.3, -0.25) is 4.72 Å². The third-order valence-corrected chi connectivity index (χ3v) is 3.08. The summed E-state index contributed by atoms with van der Waals surface area (Å²) in [6.45, 7) is 3.30. The summed E-state index contributed by atoms with van der Waals surface area (Å²) in [5.74, 6) is 0.313. The van der Waals surface area contributed by atoms with Crippen molar-refractivity contribution >= 4 is 15.9 Å². The maximum atomic E-state index is 11.7. The van der Waals surface area contributed by atoms with Crippen molar-refractivity contribution in [3.63, 3.8) is 0 Å². The maximum absolute atomic E-state index is 11.7. The molecule has 0 amide bonds. The summed E-state index contributed by atoms with van der Waals surface area (Å²) in [5.41, 5.74) is 0.292. The molecule has 0 saturated heterocycles. The van der Waals surface area contributed by atoms with Gasteiger partial charge in [0.05, 0.1) is 5.69 Å². The molecule has 1 aromatic rings. The lowest BCUT2D eigenvalue weighted by atomic mass is 10.3. The minimum Gasteiger partial charge on any atom is -0.477 e. The second-order valence-electron chi connectivity index (χ2n) is 3.82. The van der Waals surface area contributed by atoms with Crippen LogP contribution >= 0.6 is 0 Å². The van der Waals surface area contributed by atoms with E-state index in [9.17, 15) is 8.42 Å². The molecule has 0 heterocycles. The Kier molecular flexibility index (Phi) is 4.95. The number of nitriles is 1. The van der Waals surface area contributed by atoms with Crippen LogP contribution in [0.1, 0.15) is 13.8 Å². The number of nitrogens with one attached hydrogen (secondary N) is 2. The van der Waals surface area contributed by atoms with Gasteiger partial charge in [-0.25, -0.2) is 0 Å². The molecular formula is C11H15N3O3S. The van der Waals surface area contributed by atoms with Crippen LogP contribution in [-0.4, -0.2) is 21.1 Å². The summed E-state index contributed by atoms with van der Waals surface area (Å²) in [5, 5.41) is 8.44. The number of rotatable bonds is 6. The third kappa shape index (κ3) is 4.61. The highest BCUT2D eigenvalue weighted by Gasteiger charge is 2.13. The lowest BCUT2D eigenvalue weighted by Gasteiger charge is -2.14. The first-order valence-electron chi connectivity index (χ1n) is 5.33. The molecule has 18 heavy (non-hydrogen) atoms. The van der Waals surface area contributed by atoms with Gasteiger partial charge in [0.25, 0.3) is 10.2 Å². The summed E-state index contributed by atoms with van der Waals surface area (Å²) in [6, 6.07) is 8.13. The third-order valence-electron chi connectivity index (χ3n) is 1.81. The van der Waals surface area contributed by atoms with Crippen LogP contribution in [-0.2, 0) is 10.2 Å². The Labute approximate surface area is 107 Å². The van der Waals surface area contributed by atoms with Gasteiger partial charge in [0.2, 0.25) is 0 Å². The molecule has 2 N–H and O–H groups in total. The fourth-order valence-electron chi connectivity index (χ4n) is 1.27. The van der Waals surface area contributed by atoms with E-state index in [1.807, 2.05) is 6.07 Å². The van der Waals surface area contributed by atoms with Crippen molar-refractivity contribution in [3.8, 4) is 11.8 Å². The van der Waals surface area contributed by atoms with Gasteiger partial charge in [0.1, 0.15) is 11.8 Å². The van der Waals surface area contributed by atoms with Gasteiger partial charge in [-0.1, -0.05) is 12.1 Å². The zero-order valence-electron chi connectivity index (χ0n) is 10.2. The molecule has 0 aromatic heterocycles. The van der Waals surface area contributed by atoms with Crippen molar-refractivity contribution in [1.29, 1.82) is 5.26 Å². The summed E-state index contributed by atoms with van der Waals surface area (Å²) in [4.78, 5) is 0. The molecule has 1 aromatic carbocycles. The minimum absolute atomic E-state index is 0.143. The normalized spacial score (nSPS) is 11.0. The first-order chi connectivity index (χ1) is 8.44. The number of benzene rings is 1. The highest BCUT2D eigenvalue weighted by molar-refractivity contribution is 7.90. The Balaban J connectivity index is 2.87. The molecule has 0 aliphatic heterocycles. The Morgan fingerprint density at radius 3 is 2.67 bits per heavy atom. The fourth-order valence-corrected chi connectivity index (χ4v) is 2.41. The van der Waals surface area contributed by atoms with E-state index in [4.69, 9.17) is 10.00 Å². The molecule has 0 aliphatic rings. The molecule has 1 rings (SSSR count). The Morgan fingerprint density at radius 1 is 1.39 bits per heavy atom. The van der Waals surface area contributed by atoms with Gasteiger partial charge < -0.3 is 4.74 Å². The first kappa shape index (κ1) is 14.3. The van der Waals surface area contributed by atoms with E-state index in [-0.39, 0.29) is 12.6 Å². The number of hydrogen-bond donors (Lipinski definition) is 2. The van der Waals surface area contributed by atoms with E-state index in [1.54, 1.807) is 38.1 Å². The van der Waals surface area contributed by atoms with Crippen molar-refractivity contribution in [3.05, 3.63) is 24.3 Å². The summed E-state index contributed by atoms with van der Waals surface area (Å²) in [7, 11) is -3.64. The molecule has 0 aliphatic carbocycles. The maximum Gasteiger partial charge on any atom is 0.299 e. The van der Waals surface area contributed by atoms with Crippen molar-refractivity contribution in [2.45, 2.75) is 19.9 Å². The average molecular weight is 269 g/mol. The molecule has 0 radical (unpaired) electrons. The van der Waals surface area contributed by atoms with Crippen molar-refractivity contribution in [1.82, 2.24) is 4.72 Å². The zero-order chi connectivity index (χ0) is 13.6. The molecule has 0 unspecified atom stereocenters. The van der Waals surface area contributed by atoms with Gasteiger partial charge in [0.15, 0.2) is 6.61 Å². The van der Waals surface area contributed by atoms with Crippen molar-refractivity contribution in [2.24, 2.45) is 0 Å². The predicted molar refractivity (Wildman–Crippen MR) is 68.4 cm³/mol. The first-order valence-corrected chi connectivity index (χ1v) is 6.82. The number of para-hydroxylation sites is 2. The quantitative estimate of drug-likeness (QED) is 0.813. The minimum atomic E-state index is -3.64. The van der Waals surface area contributed by atoms with Crippen LogP contribution in [0.4, 0.5) is 5.69 Å². The molecule has 0 bridgehead atoms. The molecule has 0 fully saturated rings. The van der Waals surface area contributed by atoms with E-state index in [1.165, 1.54) is 0 Å². The Hall–Kier alpha value is -1.78. The molecular weight excluding hydrogens is 254 g/mol. The van der Waals surface area contributed by atoms with Crippen LogP contribution in [0.3, 0.4) is 0 Å². The smallest absolute Gasteiger partial charge is 0.299 e. The number of hydrogen-bond acceptors (Lipinski definition) is 4. The van der Waals surface area contributed by atoms with E-state index in [0.29, 0.717) is 11.4 Å². The molecule has 98 valence electrons. The average Bonchev–Trinajstić information content (AvgIpc) is 2.25. The lowest BCUT2D eigenvalue weighted by molar-refractivity contribution is 0.370. The van der Waals surface area contributed by atoms with Crippen molar-refractivity contribution in [2.75, 3.05) is 11.3 Å². The van der Waals surface area contributed by atoms with Crippen LogP contribution in [0.15, 0.2) is 24.3 Å². The molecule has 6 nitrogen and oxygen atoms in total. The summed E-state index contributed by atoms with van der Waals surface area (Å²) in [6.07, 6.45) is 0. The zero-order valence-corrected chi connectivity index (χ0v) is 11.0. The van der Waals surface area contributed by atoms with Gasteiger partial charge in [0, 0.05) is 6.04 Å². The summed E-state index contributed by atoms with van der Waals surface area (Å²) < 4.78 is 33.3. The number of nitrogens with zero attached hydrogens (tertiary/aromatic N) is 1. The van der Waals surface area contributed by atoms with E-state index >= 15 is 0 Å². The second-order valence-corrected chi connectivity index (χ2v) is 5.27. The number of anilines is 1. The summed E-state index contributed by atoms with van der Waals surface area (Å²) >= 11 is 0. The van der Waals surface area contributed by atoms with Crippen molar-refractivity contribution < 1.29 is 13.2 Å². The van der Waals surface area contributed by atoms with E-state index < -0.39 is 10.2 Å². The Morgan fingerprint density at radius 2 is 2.06 bits per heavy atom. The van der Waals surface area contributed by atoms with Crippen LogP contribution in [0.5, 0.6) is 5.75 Å². The van der Waals surface area contributed by atoms with Gasteiger partial charge >= 0.3 is 0 Å². The largest absolute Gasteiger partial charge is 0.477 e. The molecule has 7 heteroatoms. The van der Waals surface area contributed by atoms with Crippen LogP contribution in [0.25, 0.3) is 0 Å². The highest BCUT2D eigenvalue weighted by Crippen LogP contribution is 2.24. The molecule has 0 saturated carbocycles. The predicted octanol–water partition coefficient (Wildman–Crippen LogP) is 1.24. The van der Waals surface area contributed by atoms with Gasteiger partial charge in [-0.05, 0) is 26.0 Å². The topological polar surface area (TPSA) is 91.2 Å². The monoisotopic (exact) mass is 269 g/mol. The SMILES string of the molecule is CC(C)NS(=O)(=O)Nc1ccccc1OCC#N. The lowest BCUT2D eigenvalue weighted by Crippen LogP contribution is -2.35. The van der Waals surface area contributed by atoms with Crippen LogP contribution in [0.2, 0.25) is 0 Å². The number of ether oxygens (including phenoxy) is 1. The van der Waals surface area contributed by atoms with E-state index in [2.05, 4.69) is 9.44 Å². The van der Waals surface area contributed by atoms with Crippen LogP contribution < -0.4 is 14.2 Å². The molecule has 0 atom stereocenters. The Bertz CT molecular complexity index is 535. The van der Waals surface area contributed by atoms with Crippen LogP contribution in [0, 0.1) is 11.3 Å². The second kappa shape index (κ2) is 6.23. The van der Waals surface area contributed by atoms with E-state index in [0.717, 1.165) is 0 Å². The standard InChI is InChI=1S/C11H15N3O3S/c1-9(2)13-18(15,16)14-10-5-3-4-6-11(10)17-8-7-12/h3-6,9,13-14H,8H2,1-2H3. The van der Waals surface area contributed by atoms with Gasteiger partial charge in [-0.2, -0.15) is 18.4 Å².